The summed E-state index contributed by atoms with van der Waals surface area (Å²) >= 11 is 0. The van der Waals surface area contributed by atoms with Crippen LogP contribution in [0.1, 0.15) is 132 Å². The highest BCUT2D eigenvalue weighted by Crippen LogP contribution is 2.43. The molecule has 0 aromatic heterocycles. The number of esters is 2. The van der Waals surface area contributed by atoms with Crippen molar-refractivity contribution in [3.8, 4) is 17.2 Å². The number of rotatable bonds is 33. The van der Waals surface area contributed by atoms with Crippen LogP contribution < -0.4 is 14.2 Å². The van der Waals surface area contributed by atoms with Gasteiger partial charge in [0.15, 0.2) is 0 Å². The average Bonchev–Trinajstić information content (AvgIpc) is 1.80. The molecule has 90 heavy (non-hydrogen) atoms. The van der Waals surface area contributed by atoms with E-state index in [1.54, 1.807) is 21.3 Å². The van der Waals surface area contributed by atoms with Crippen molar-refractivity contribution in [1.82, 2.24) is 0 Å². The lowest BCUT2D eigenvalue weighted by molar-refractivity contribution is -0.145. The number of fused-ring (bicyclic) bond motifs is 1. The van der Waals surface area contributed by atoms with Gasteiger partial charge < -0.3 is 73.6 Å². The lowest BCUT2D eigenvalue weighted by Gasteiger charge is -2.23. The normalized spacial score (nSPS) is 24.0. The number of carbonyl (C=O) groups is 4. The number of carboxylic acid groups (broad SMARTS) is 2. The summed E-state index contributed by atoms with van der Waals surface area (Å²) in [6.07, 6.45) is 16.5. The first-order chi connectivity index (χ1) is 43.6. The number of hydrogen-bond donors (Lipinski definition) is 7. The van der Waals surface area contributed by atoms with Gasteiger partial charge in [0.1, 0.15) is 30.0 Å². The Morgan fingerprint density at radius 3 is 1.32 bits per heavy atom. The number of aliphatic hydroxyl groups is 5. The molecule has 0 amide bonds. The lowest BCUT2D eigenvalue weighted by Crippen LogP contribution is -2.26. The van der Waals surface area contributed by atoms with E-state index in [2.05, 4.69) is 6.92 Å². The third-order valence-electron chi connectivity index (χ3n) is 17.0. The van der Waals surface area contributed by atoms with Crippen molar-refractivity contribution in [2.45, 2.75) is 173 Å². The fraction of sp³-hybridized carbons (Fsp3) is 0.549. The zero-order valence-corrected chi connectivity index (χ0v) is 52.8. The van der Waals surface area contributed by atoms with Crippen LogP contribution in [0.15, 0.2) is 127 Å². The number of benzene rings is 4. The molecule has 19 heteroatoms. The molecule has 1 aliphatic heterocycles. The second-order valence-corrected chi connectivity index (χ2v) is 23.3. The van der Waals surface area contributed by atoms with E-state index in [0.717, 1.165) is 65.2 Å². The minimum atomic E-state index is -0.785. The van der Waals surface area contributed by atoms with Crippen LogP contribution in [0.4, 0.5) is 0 Å². The summed E-state index contributed by atoms with van der Waals surface area (Å²) in [5.41, 5.74) is 4.08. The zero-order valence-electron chi connectivity index (χ0n) is 52.8. The molecule has 4 aromatic rings. The van der Waals surface area contributed by atoms with Crippen LogP contribution in [0.2, 0.25) is 0 Å². The van der Waals surface area contributed by atoms with Gasteiger partial charge in [-0.15, -0.1) is 0 Å². The van der Waals surface area contributed by atoms with Crippen LogP contribution in [0, 0.1) is 35.5 Å². The summed E-state index contributed by atoms with van der Waals surface area (Å²) in [6, 6.07) is 32.7. The third kappa shape index (κ3) is 25.9. The molecule has 12 atom stereocenters. The second kappa shape index (κ2) is 41.7. The first-order valence-electron chi connectivity index (χ1n) is 31.7. The van der Waals surface area contributed by atoms with E-state index in [-0.39, 0.29) is 98.1 Å². The van der Waals surface area contributed by atoms with Gasteiger partial charge in [-0.1, -0.05) is 111 Å². The highest BCUT2D eigenvalue weighted by molar-refractivity contribution is 5.72. The van der Waals surface area contributed by atoms with Gasteiger partial charge in [-0.05, 0) is 115 Å². The van der Waals surface area contributed by atoms with Crippen LogP contribution in [-0.4, -0.2) is 137 Å². The van der Waals surface area contributed by atoms with Crippen LogP contribution in [0.25, 0.3) is 0 Å². The predicted molar refractivity (Wildman–Crippen MR) is 338 cm³/mol. The van der Waals surface area contributed by atoms with Crippen molar-refractivity contribution in [3.05, 3.63) is 150 Å². The number of ether oxygens (including phenoxy) is 8. The molecule has 8 rings (SSSR count). The van der Waals surface area contributed by atoms with Crippen molar-refractivity contribution in [2.75, 3.05) is 41.2 Å². The van der Waals surface area contributed by atoms with Gasteiger partial charge in [0, 0.05) is 82.0 Å². The maximum atomic E-state index is 11.9. The van der Waals surface area contributed by atoms with Gasteiger partial charge in [0.05, 0.1) is 78.1 Å². The van der Waals surface area contributed by atoms with Crippen LogP contribution >= 0.6 is 0 Å². The SMILES string of the molecule is CCCCCC(=O)O.COc1ccc(CO[C@@H]2C[C@@H]3OC(=O)C[C@@H]3[C@H]2CO)cc1.COc1ccc(CO[C@@H]2C[C@H](O)[C@H](C/C=C\CCCC(=O)O)[C@H]2CO)cc1.COc1ccc(CO[C@@H]2C[C@H](O)[C@H](C/C=C\CCCC(=O)OCc3ccccc3)[C@H]2CO)cc1. The summed E-state index contributed by atoms with van der Waals surface area (Å²) < 4.78 is 44.0. The van der Waals surface area contributed by atoms with Gasteiger partial charge in [0.25, 0.3) is 0 Å². The Labute approximate surface area is 530 Å². The lowest BCUT2D eigenvalue weighted by atomic mass is 9.91. The van der Waals surface area contributed by atoms with Crippen molar-refractivity contribution < 1.29 is 92.8 Å². The Morgan fingerprint density at radius 2 is 0.911 bits per heavy atom. The zero-order chi connectivity index (χ0) is 65.0. The molecular formula is C71H98O19. The molecule has 0 spiro atoms. The fourth-order valence-electron chi connectivity index (χ4n) is 11.8. The average molecular weight is 1260 g/mol. The molecule has 1 saturated heterocycles. The minimum Gasteiger partial charge on any atom is -0.497 e. The molecule has 19 nitrogen and oxygen atoms in total. The molecule has 0 unspecified atom stereocenters. The third-order valence-corrected chi connectivity index (χ3v) is 17.0. The van der Waals surface area contributed by atoms with Gasteiger partial charge in [-0.3, -0.25) is 19.2 Å². The van der Waals surface area contributed by atoms with E-state index in [4.69, 9.17) is 48.1 Å². The van der Waals surface area contributed by atoms with E-state index >= 15 is 0 Å². The van der Waals surface area contributed by atoms with Gasteiger partial charge >= 0.3 is 23.9 Å². The van der Waals surface area contributed by atoms with Crippen molar-refractivity contribution >= 4 is 23.9 Å². The maximum absolute atomic E-state index is 11.9. The molecule has 0 bridgehead atoms. The Bertz CT molecular complexity index is 2700. The highest BCUT2D eigenvalue weighted by atomic mass is 16.6. The van der Waals surface area contributed by atoms with Gasteiger partial charge in [0.2, 0.25) is 0 Å². The largest absolute Gasteiger partial charge is 0.497 e. The van der Waals surface area contributed by atoms with Gasteiger partial charge in [-0.2, -0.15) is 0 Å². The van der Waals surface area contributed by atoms with E-state index < -0.39 is 24.1 Å². The number of carboxylic acids is 2. The number of methoxy groups -OCH3 is 3. The van der Waals surface area contributed by atoms with Crippen molar-refractivity contribution in [2.24, 2.45) is 35.5 Å². The summed E-state index contributed by atoms with van der Waals surface area (Å²) in [6.45, 7) is 3.69. The molecule has 4 fully saturated rings. The standard InChI is InChI=1S/C28H36O6.C21H30O6.C16H20O5.C6H12O2/c1-32-23-15-13-22(14-16-23)19-33-27-17-26(30)24(25(27)18-29)11-7-2-3-8-12-28(31)34-20-21-9-5-4-6-10-21;1-26-16-10-8-15(9-11-16)14-27-20-12-19(23)17(18(20)13-22)6-4-2-3-5-7-21(24)25;1-19-11-4-2-10(3-5-11)9-20-14-7-15-12(13(14)8-17)6-16(18)21-15;1-2-3-4-5-6(7)8/h2,4-7,9-10,13-16,24-27,29-30H,3,8,11-12,17-20H2,1H3;2,4,8-11,17-20,22-23H,3,5-7,12-14H2,1H3,(H,24,25);2-5,12-15,17H,6-9H2,1H3;2-5H2,1H3,(H,7,8)/b7-2-;4-2-;;/t24-,25-,26+,27-;17-,18-,19+,20-;12-,13-,14-,15+;/m111./s1. The van der Waals surface area contributed by atoms with Crippen LogP contribution in [0.3, 0.4) is 0 Å². The van der Waals surface area contributed by atoms with Crippen molar-refractivity contribution in [3.63, 3.8) is 0 Å². The van der Waals surface area contributed by atoms with Crippen LogP contribution in [0.5, 0.6) is 17.2 Å². The number of aliphatic carboxylic acids is 2. The predicted octanol–water partition coefficient (Wildman–Crippen LogP) is 10.4. The van der Waals surface area contributed by atoms with E-state index in [0.29, 0.717) is 97.1 Å². The molecule has 4 aromatic carbocycles. The molecular weight excluding hydrogens is 1160 g/mol. The van der Waals surface area contributed by atoms with Crippen molar-refractivity contribution in [1.29, 1.82) is 0 Å². The number of unbranched alkanes of at least 4 members (excludes halogenated alkanes) is 4. The first-order valence-corrected chi connectivity index (χ1v) is 31.7. The Morgan fingerprint density at radius 1 is 0.500 bits per heavy atom. The molecule has 496 valence electrons. The summed E-state index contributed by atoms with van der Waals surface area (Å²) in [4.78, 5) is 43.6. The van der Waals surface area contributed by atoms with E-state index in [1.807, 2.05) is 127 Å². The highest BCUT2D eigenvalue weighted by Gasteiger charge is 2.50. The first kappa shape index (κ1) is 74.1. The Kier molecular flexibility index (Phi) is 34.3. The molecule has 4 aliphatic rings. The summed E-state index contributed by atoms with van der Waals surface area (Å²) in [5.74, 6) is 0.361. The number of carbonyl (C=O) groups excluding carboxylic acids is 2. The topological polar surface area (TPSA) is 284 Å². The van der Waals surface area contributed by atoms with Gasteiger partial charge in [-0.25, -0.2) is 0 Å². The summed E-state index contributed by atoms with van der Waals surface area (Å²) in [7, 11) is 4.89. The molecule has 1 heterocycles. The maximum Gasteiger partial charge on any atom is 0.306 e. The Hall–Kier alpha value is -6.68. The summed E-state index contributed by atoms with van der Waals surface area (Å²) in [5, 5.41) is 67.0. The monoisotopic (exact) mass is 1250 g/mol. The fourth-order valence-corrected chi connectivity index (χ4v) is 11.8. The number of hydrogen-bond acceptors (Lipinski definition) is 17. The number of allylic oxidation sites excluding steroid dienone is 4. The smallest absolute Gasteiger partial charge is 0.306 e. The Balaban J connectivity index is 0.000000236. The second-order valence-electron chi connectivity index (χ2n) is 23.3. The molecule has 0 radical (unpaired) electrons. The molecule has 7 N–H and O–H groups in total. The quantitative estimate of drug-likeness (QED) is 0.0133. The molecule has 3 saturated carbocycles. The number of aliphatic hydroxyl groups excluding tert-OH is 5. The van der Waals surface area contributed by atoms with E-state index in [1.165, 1.54) is 0 Å². The minimum absolute atomic E-state index is 0.0142. The van der Waals surface area contributed by atoms with Crippen LogP contribution in [-0.2, 0) is 69.3 Å². The molecule has 3 aliphatic carbocycles. The van der Waals surface area contributed by atoms with E-state index in [9.17, 15) is 44.7 Å².